The Labute approximate surface area is 194 Å². The molecule has 1 atom stereocenters. The van der Waals surface area contributed by atoms with Gasteiger partial charge in [-0.25, -0.2) is 4.79 Å². The molecule has 3 aromatic rings. The predicted molar refractivity (Wildman–Crippen MR) is 122 cm³/mol. The minimum Gasteiger partial charge on any atom is -0.482 e. The van der Waals surface area contributed by atoms with Crippen molar-refractivity contribution in [1.29, 1.82) is 5.26 Å². The van der Waals surface area contributed by atoms with Crippen LogP contribution in [0.25, 0.3) is 0 Å². The molecule has 0 aliphatic carbocycles. The first-order valence-corrected chi connectivity index (χ1v) is 11.0. The lowest BCUT2D eigenvalue weighted by Crippen LogP contribution is -2.21. The summed E-state index contributed by atoms with van der Waals surface area (Å²) in [4.78, 5) is 13.3. The molecule has 0 fully saturated rings. The zero-order chi connectivity index (χ0) is 22.8. The summed E-state index contributed by atoms with van der Waals surface area (Å²) in [5.41, 5.74) is 8.86. The number of halogens is 1. The van der Waals surface area contributed by atoms with Gasteiger partial charge in [0.15, 0.2) is 6.61 Å². The highest BCUT2D eigenvalue weighted by molar-refractivity contribution is 7.10. The number of esters is 1. The van der Waals surface area contributed by atoms with Crippen molar-refractivity contribution in [2.24, 2.45) is 5.73 Å². The first-order valence-electron chi connectivity index (χ1n) is 9.72. The molecule has 2 N–H and O–H groups in total. The van der Waals surface area contributed by atoms with Crippen LogP contribution in [0.1, 0.15) is 27.5 Å². The van der Waals surface area contributed by atoms with Crippen LogP contribution < -0.4 is 19.9 Å². The SMILES string of the molecule is Cc1cc(OCC(=O)Oc2ccc3c(c2)OC(N)=C(C#N)C3c2cccs2)cc(C)c1Cl. The van der Waals surface area contributed by atoms with Crippen LogP contribution in [0.15, 0.2) is 59.3 Å². The molecule has 0 bridgehead atoms. The number of aryl methyl sites for hydroxylation is 2. The lowest BCUT2D eigenvalue weighted by molar-refractivity contribution is -0.136. The summed E-state index contributed by atoms with van der Waals surface area (Å²) in [5.74, 6) is 0.416. The van der Waals surface area contributed by atoms with Crippen molar-refractivity contribution >= 4 is 28.9 Å². The quantitative estimate of drug-likeness (QED) is 0.409. The van der Waals surface area contributed by atoms with Crippen LogP contribution in [0.4, 0.5) is 0 Å². The number of hydrogen-bond donors (Lipinski definition) is 1. The monoisotopic (exact) mass is 466 g/mol. The molecular weight excluding hydrogens is 448 g/mol. The van der Waals surface area contributed by atoms with E-state index in [1.165, 1.54) is 11.3 Å². The van der Waals surface area contributed by atoms with Gasteiger partial charge in [0.05, 0.1) is 5.92 Å². The number of carbonyl (C=O) groups is 1. The van der Waals surface area contributed by atoms with Gasteiger partial charge in [-0.3, -0.25) is 0 Å². The minimum absolute atomic E-state index is 0.0405. The van der Waals surface area contributed by atoms with Crippen LogP contribution >= 0.6 is 22.9 Å². The lowest BCUT2D eigenvalue weighted by atomic mass is 9.88. The average molecular weight is 467 g/mol. The van der Waals surface area contributed by atoms with Crippen LogP contribution in [-0.2, 0) is 4.79 Å². The minimum atomic E-state index is -0.568. The number of ether oxygens (including phenoxy) is 3. The number of nitrogens with zero attached hydrogens (tertiary/aromatic N) is 1. The summed E-state index contributed by atoms with van der Waals surface area (Å²) in [6, 6.07) is 14.6. The van der Waals surface area contributed by atoms with Crippen molar-refractivity contribution in [1.82, 2.24) is 0 Å². The van der Waals surface area contributed by atoms with E-state index in [1.807, 2.05) is 31.4 Å². The largest absolute Gasteiger partial charge is 0.482 e. The summed E-state index contributed by atoms with van der Waals surface area (Å²) < 4.78 is 16.6. The zero-order valence-corrected chi connectivity index (χ0v) is 18.9. The Bertz CT molecular complexity index is 1240. The van der Waals surface area contributed by atoms with E-state index in [9.17, 15) is 10.1 Å². The van der Waals surface area contributed by atoms with E-state index in [2.05, 4.69) is 6.07 Å². The molecule has 2 heterocycles. The third-order valence-corrected chi connectivity index (χ3v) is 6.55. The van der Waals surface area contributed by atoms with Crippen LogP contribution in [-0.4, -0.2) is 12.6 Å². The molecule has 6 nitrogen and oxygen atoms in total. The molecule has 0 radical (unpaired) electrons. The van der Waals surface area contributed by atoms with Gasteiger partial charge in [0.1, 0.15) is 28.9 Å². The van der Waals surface area contributed by atoms with Crippen molar-refractivity contribution in [2.45, 2.75) is 19.8 Å². The number of nitrogens with two attached hydrogens (primary N) is 1. The maximum atomic E-state index is 12.3. The fourth-order valence-corrected chi connectivity index (χ4v) is 4.50. The molecule has 0 spiro atoms. The maximum absolute atomic E-state index is 12.3. The van der Waals surface area contributed by atoms with Crippen LogP contribution in [0.3, 0.4) is 0 Å². The molecule has 0 amide bonds. The van der Waals surface area contributed by atoms with E-state index in [0.29, 0.717) is 27.8 Å². The third kappa shape index (κ3) is 4.28. The number of nitriles is 1. The highest BCUT2D eigenvalue weighted by atomic mass is 35.5. The molecule has 0 saturated heterocycles. The Kier molecular flexibility index (Phi) is 6.08. The first kappa shape index (κ1) is 21.8. The van der Waals surface area contributed by atoms with Crippen LogP contribution in [0.5, 0.6) is 17.2 Å². The average Bonchev–Trinajstić information content (AvgIpc) is 3.29. The fourth-order valence-electron chi connectivity index (χ4n) is 3.54. The number of hydrogen-bond acceptors (Lipinski definition) is 7. The molecule has 32 heavy (non-hydrogen) atoms. The zero-order valence-electron chi connectivity index (χ0n) is 17.3. The Morgan fingerprint density at radius 2 is 1.97 bits per heavy atom. The third-order valence-electron chi connectivity index (χ3n) is 5.02. The fraction of sp³-hybridized carbons (Fsp3) is 0.167. The van der Waals surface area contributed by atoms with Gasteiger partial charge in [0.2, 0.25) is 5.88 Å². The normalized spacial score (nSPS) is 14.9. The van der Waals surface area contributed by atoms with E-state index < -0.39 is 5.97 Å². The molecule has 162 valence electrons. The molecule has 1 unspecified atom stereocenters. The topological polar surface area (TPSA) is 94.6 Å². The summed E-state index contributed by atoms with van der Waals surface area (Å²) in [6.45, 7) is 3.47. The second-order valence-electron chi connectivity index (χ2n) is 7.27. The molecule has 8 heteroatoms. The van der Waals surface area contributed by atoms with Crippen LogP contribution in [0, 0.1) is 25.2 Å². The highest BCUT2D eigenvalue weighted by Crippen LogP contribution is 2.44. The highest BCUT2D eigenvalue weighted by Gasteiger charge is 2.31. The van der Waals surface area contributed by atoms with Gasteiger partial charge in [-0.1, -0.05) is 23.7 Å². The Hall–Kier alpha value is -3.47. The summed E-state index contributed by atoms with van der Waals surface area (Å²) >= 11 is 7.69. The lowest BCUT2D eigenvalue weighted by Gasteiger charge is -2.25. The molecule has 1 aliphatic heterocycles. The van der Waals surface area contributed by atoms with E-state index in [-0.39, 0.29) is 18.4 Å². The summed E-state index contributed by atoms with van der Waals surface area (Å²) in [6.07, 6.45) is 0. The van der Waals surface area contributed by atoms with Gasteiger partial charge in [-0.05, 0) is 54.6 Å². The number of carbonyl (C=O) groups excluding carboxylic acids is 1. The number of benzene rings is 2. The summed E-state index contributed by atoms with van der Waals surface area (Å²) in [7, 11) is 0. The van der Waals surface area contributed by atoms with Crippen molar-refractivity contribution in [3.8, 4) is 23.3 Å². The standard InChI is InChI=1S/C24H19ClN2O4S/c1-13-8-16(9-14(2)23(13)25)29-12-21(28)30-15-5-6-17-19(10-15)31-24(27)18(11-26)22(17)20-4-3-7-32-20/h3-10,22H,12,27H2,1-2H3. The predicted octanol–water partition coefficient (Wildman–Crippen LogP) is 5.22. The first-order chi connectivity index (χ1) is 15.4. The number of allylic oxidation sites excluding steroid dienone is 1. The van der Waals surface area contributed by atoms with Crippen molar-refractivity contribution in [3.05, 3.63) is 85.9 Å². The van der Waals surface area contributed by atoms with Crippen LogP contribution in [0.2, 0.25) is 5.02 Å². The Morgan fingerprint density at radius 3 is 2.62 bits per heavy atom. The molecule has 2 aromatic carbocycles. The van der Waals surface area contributed by atoms with Crippen molar-refractivity contribution in [2.75, 3.05) is 6.61 Å². The van der Waals surface area contributed by atoms with Gasteiger partial charge >= 0.3 is 5.97 Å². The second-order valence-corrected chi connectivity index (χ2v) is 8.63. The number of thiophene rings is 1. The molecular formula is C24H19ClN2O4S. The van der Waals surface area contributed by atoms with E-state index >= 15 is 0 Å². The van der Waals surface area contributed by atoms with Gasteiger partial charge < -0.3 is 19.9 Å². The second kappa shape index (κ2) is 8.95. The van der Waals surface area contributed by atoms with Gasteiger partial charge in [0, 0.05) is 21.5 Å². The molecule has 1 aliphatic rings. The smallest absolute Gasteiger partial charge is 0.349 e. The van der Waals surface area contributed by atoms with E-state index in [1.54, 1.807) is 30.3 Å². The number of rotatable bonds is 5. The Balaban J connectivity index is 1.50. The summed E-state index contributed by atoms with van der Waals surface area (Å²) in [5, 5.41) is 12.2. The number of fused-ring (bicyclic) bond motifs is 1. The van der Waals surface area contributed by atoms with E-state index in [0.717, 1.165) is 21.6 Å². The van der Waals surface area contributed by atoms with E-state index in [4.69, 9.17) is 31.5 Å². The van der Waals surface area contributed by atoms with Gasteiger partial charge in [0.25, 0.3) is 0 Å². The molecule has 1 aromatic heterocycles. The Morgan fingerprint density at radius 1 is 1.22 bits per heavy atom. The van der Waals surface area contributed by atoms with Gasteiger partial charge in [-0.15, -0.1) is 11.3 Å². The molecule has 0 saturated carbocycles. The maximum Gasteiger partial charge on any atom is 0.349 e. The van der Waals surface area contributed by atoms with Crippen molar-refractivity contribution in [3.63, 3.8) is 0 Å². The van der Waals surface area contributed by atoms with Crippen molar-refractivity contribution < 1.29 is 19.0 Å². The van der Waals surface area contributed by atoms with Gasteiger partial charge in [-0.2, -0.15) is 5.26 Å². The molecule has 4 rings (SSSR count).